The maximum Gasteiger partial charge on any atom is 0.260 e. The van der Waals surface area contributed by atoms with E-state index in [0.717, 1.165) is 5.56 Å². The molecule has 5 nitrogen and oxygen atoms in total. The molecule has 0 saturated carbocycles. The molecule has 0 unspecified atom stereocenters. The average Bonchev–Trinajstić information content (AvgIpc) is 2.44. The molecule has 1 fully saturated rings. The molecular formula is C15H20N2O3S. The van der Waals surface area contributed by atoms with Gasteiger partial charge in [0.2, 0.25) is 0 Å². The monoisotopic (exact) mass is 308 g/mol. The predicted molar refractivity (Wildman–Crippen MR) is 84.4 cm³/mol. The molecule has 0 bridgehead atoms. The highest BCUT2D eigenvalue weighted by Gasteiger charge is 2.25. The predicted octanol–water partition coefficient (Wildman–Crippen LogP) is 1.34. The minimum absolute atomic E-state index is 0.0197. The number of carbonyl (C=O) groups excluding carboxylic acids is 1. The zero-order chi connectivity index (χ0) is 15.4. The van der Waals surface area contributed by atoms with Crippen LogP contribution in [0.1, 0.15) is 19.4 Å². The van der Waals surface area contributed by atoms with E-state index in [2.05, 4.69) is 0 Å². The molecule has 2 rings (SSSR count). The molecule has 0 radical (unpaired) electrons. The van der Waals surface area contributed by atoms with E-state index < -0.39 is 0 Å². The van der Waals surface area contributed by atoms with Gasteiger partial charge in [0.25, 0.3) is 5.91 Å². The van der Waals surface area contributed by atoms with Crippen LogP contribution >= 0.6 is 12.2 Å². The number of thiocarbonyl (C=S) groups is 1. The summed E-state index contributed by atoms with van der Waals surface area (Å²) in [4.78, 5) is 14.3. The van der Waals surface area contributed by atoms with E-state index in [-0.39, 0.29) is 24.7 Å². The van der Waals surface area contributed by atoms with Crippen LogP contribution in [-0.2, 0) is 9.53 Å². The van der Waals surface area contributed by atoms with Gasteiger partial charge in [0.15, 0.2) is 6.61 Å². The van der Waals surface area contributed by atoms with Crippen molar-refractivity contribution in [1.82, 2.24) is 4.90 Å². The van der Waals surface area contributed by atoms with Crippen LogP contribution in [-0.4, -0.2) is 47.7 Å². The summed E-state index contributed by atoms with van der Waals surface area (Å²) in [6.45, 7) is 5.15. The van der Waals surface area contributed by atoms with Crippen LogP contribution in [0.3, 0.4) is 0 Å². The second kappa shape index (κ2) is 6.87. The lowest BCUT2D eigenvalue weighted by Gasteiger charge is -2.35. The first-order valence-electron chi connectivity index (χ1n) is 6.91. The number of amides is 1. The molecule has 1 aliphatic rings. The quantitative estimate of drug-likeness (QED) is 0.850. The van der Waals surface area contributed by atoms with Crippen LogP contribution < -0.4 is 10.5 Å². The highest BCUT2D eigenvalue weighted by atomic mass is 32.1. The number of ether oxygens (including phenoxy) is 2. The smallest absolute Gasteiger partial charge is 0.260 e. The number of morpholine rings is 1. The molecule has 1 saturated heterocycles. The third-order valence-corrected chi connectivity index (χ3v) is 3.51. The Morgan fingerprint density at radius 3 is 2.43 bits per heavy atom. The number of nitrogens with two attached hydrogens (primary N) is 1. The van der Waals surface area contributed by atoms with Crippen molar-refractivity contribution >= 4 is 23.1 Å². The highest BCUT2D eigenvalue weighted by molar-refractivity contribution is 7.80. The first kappa shape index (κ1) is 15.7. The Hall–Kier alpha value is -1.66. The molecule has 1 aliphatic heterocycles. The van der Waals surface area contributed by atoms with E-state index in [0.29, 0.717) is 23.8 Å². The van der Waals surface area contributed by atoms with Gasteiger partial charge >= 0.3 is 0 Å². The Morgan fingerprint density at radius 1 is 1.33 bits per heavy atom. The van der Waals surface area contributed by atoms with Gasteiger partial charge in [-0.1, -0.05) is 12.2 Å². The first-order valence-corrected chi connectivity index (χ1v) is 7.32. The van der Waals surface area contributed by atoms with Crippen molar-refractivity contribution in [3.05, 3.63) is 29.8 Å². The van der Waals surface area contributed by atoms with Gasteiger partial charge in [-0.25, -0.2) is 0 Å². The van der Waals surface area contributed by atoms with Crippen LogP contribution in [0.4, 0.5) is 0 Å². The lowest BCUT2D eigenvalue weighted by Crippen LogP contribution is -2.49. The van der Waals surface area contributed by atoms with E-state index in [4.69, 9.17) is 27.4 Å². The number of hydrogen-bond donors (Lipinski definition) is 1. The lowest BCUT2D eigenvalue weighted by atomic mass is 10.2. The topological polar surface area (TPSA) is 64.8 Å². The average molecular weight is 308 g/mol. The fourth-order valence-corrected chi connectivity index (χ4v) is 2.47. The van der Waals surface area contributed by atoms with Gasteiger partial charge in [0, 0.05) is 18.7 Å². The molecule has 1 aromatic rings. The Labute approximate surface area is 130 Å². The fourth-order valence-electron chi connectivity index (χ4n) is 2.33. The van der Waals surface area contributed by atoms with Crippen LogP contribution in [0.5, 0.6) is 5.75 Å². The first-order chi connectivity index (χ1) is 9.95. The summed E-state index contributed by atoms with van der Waals surface area (Å²) in [5.74, 6) is 0.591. The summed E-state index contributed by atoms with van der Waals surface area (Å²) in [6.07, 6.45) is 0.116. The standard InChI is InChI=1S/C15H20N2O3S/c1-10-7-17(8-11(2)20-10)14(18)9-19-13-5-3-12(4-6-13)15(16)21/h3-6,10-11H,7-9H2,1-2H3,(H2,16,21)/t10-,11+. The molecule has 1 heterocycles. The minimum Gasteiger partial charge on any atom is -0.484 e. The van der Waals surface area contributed by atoms with Gasteiger partial charge in [0.1, 0.15) is 10.7 Å². The Bertz CT molecular complexity index is 508. The summed E-state index contributed by atoms with van der Waals surface area (Å²) in [7, 11) is 0. The SMILES string of the molecule is C[C@@H]1CN(C(=O)COc2ccc(C(N)=S)cc2)C[C@H](C)O1. The third-order valence-electron chi connectivity index (χ3n) is 3.27. The highest BCUT2D eigenvalue weighted by Crippen LogP contribution is 2.14. The van der Waals surface area contributed by atoms with Crippen molar-refractivity contribution in [2.75, 3.05) is 19.7 Å². The fraction of sp³-hybridized carbons (Fsp3) is 0.467. The summed E-state index contributed by atoms with van der Waals surface area (Å²) in [5, 5.41) is 0. The summed E-state index contributed by atoms with van der Waals surface area (Å²) >= 11 is 4.88. The van der Waals surface area contributed by atoms with E-state index in [9.17, 15) is 4.79 Å². The summed E-state index contributed by atoms with van der Waals surface area (Å²) in [6, 6.07) is 7.07. The second-order valence-electron chi connectivity index (χ2n) is 5.23. The van der Waals surface area contributed by atoms with Crippen LogP contribution in [0.2, 0.25) is 0 Å². The molecule has 2 N–H and O–H groups in total. The van der Waals surface area contributed by atoms with E-state index in [1.54, 1.807) is 29.2 Å². The minimum atomic E-state index is -0.0320. The summed E-state index contributed by atoms with van der Waals surface area (Å²) < 4.78 is 11.1. The Kier molecular flexibility index (Phi) is 5.14. The van der Waals surface area contributed by atoms with Crippen LogP contribution in [0.15, 0.2) is 24.3 Å². The normalized spacial score (nSPS) is 21.9. The van der Waals surface area contributed by atoms with Gasteiger partial charge in [-0.15, -0.1) is 0 Å². The number of rotatable bonds is 4. The zero-order valence-corrected chi connectivity index (χ0v) is 13.1. The van der Waals surface area contributed by atoms with Crippen molar-refractivity contribution in [1.29, 1.82) is 0 Å². The van der Waals surface area contributed by atoms with Crippen molar-refractivity contribution in [3.63, 3.8) is 0 Å². The molecule has 21 heavy (non-hydrogen) atoms. The third kappa shape index (κ3) is 4.41. The van der Waals surface area contributed by atoms with Crippen LogP contribution in [0.25, 0.3) is 0 Å². The van der Waals surface area contributed by atoms with Crippen molar-refractivity contribution < 1.29 is 14.3 Å². The number of benzene rings is 1. The van der Waals surface area contributed by atoms with Crippen LogP contribution in [0, 0.1) is 0 Å². The lowest BCUT2D eigenvalue weighted by molar-refractivity contribution is -0.145. The molecule has 0 aromatic heterocycles. The molecule has 1 amide bonds. The molecule has 2 atom stereocenters. The number of carbonyl (C=O) groups is 1. The number of hydrogen-bond acceptors (Lipinski definition) is 4. The van der Waals surface area contributed by atoms with Gasteiger partial charge in [-0.05, 0) is 38.1 Å². The summed E-state index contributed by atoms with van der Waals surface area (Å²) in [5.41, 5.74) is 6.30. The second-order valence-corrected chi connectivity index (χ2v) is 5.67. The van der Waals surface area contributed by atoms with Gasteiger partial charge in [-0.3, -0.25) is 4.79 Å². The van der Waals surface area contributed by atoms with E-state index >= 15 is 0 Å². The maximum absolute atomic E-state index is 12.1. The molecule has 0 aliphatic carbocycles. The van der Waals surface area contributed by atoms with Crippen molar-refractivity contribution in [3.8, 4) is 5.75 Å². The van der Waals surface area contributed by atoms with E-state index in [1.165, 1.54) is 0 Å². The molecular weight excluding hydrogens is 288 g/mol. The van der Waals surface area contributed by atoms with Gasteiger partial charge in [0.05, 0.1) is 12.2 Å². The molecule has 0 spiro atoms. The molecule has 1 aromatic carbocycles. The van der Waals surface area contributed by atoms with E-state index in [1.807, 2.05) is 13.8 Å². The van der Waals surface area contributed by atoms with Crippen molar-refractivity contribution in [2.24, 2.45) is 5.73 Å². The number of nitrogens with zero attached hydrogens (tertiary/aromatic N) is 1. The largest absolute Gasteiger partial charge is 0.484 e. The Balaban J connectivity index is 1.87. The molecule has 114 valence electrons. The zero-order valence-electron chi connectivity index (χ0n) is 12.2. The van der Waals surface area contributed by atoms with Gasteiger partial charge in [-0.2, -0.15) is 0 Å². The van der Waals surface area contributed by atoms with Gasteiger partial charge < -0.3 is 20.1 Å². The maximum atomic E-state index is 12.1. The van der Waals surface area contributed by atoms with Crippen molar-refractivity contribution in [2.45, 2.75) is 26.1 Å². The Morgan fingerprint density at radius 2 is 1.90 bits per heavy atom. The molecule has 6 heteroatoms.